The predicted octanol–water partition coefficient (Wildman–Crippen LogP) is -4.40. The van der Waals surface area contributed by atoms with Crippen LogP contribution in [0.5, 0.6) is 0 Å². The highest BCUT2D eigenvalue weighted by atomic mass is 16.7. The summed E-state index contributed by atoms with van der Waals surface area (Å²) in [4.78, 5) is 24.7. The second kappa shape index (κ2) is 11.0. The van der Waals surface area contributed by atoms with Gasteiger partial charge in [0.2, 0.25) is 0 Å². The highest BCUT2D eigenvalue weighted by molar-refractivity contribution is 5.95. The molecule has 34 heavy (non-hydrogen) atoms. The largest absolute Gasteiger partial charge is 0.459 e. The van der Waals surface area contributed by atoms with Gasteiger partial charge in [-0.1, -0.05) is 6.07 Å². The number of aliphatic hydroxyl groups is 8. The van der Waals surface area contributed by atoms with Gasteiger partial charge in [-0.15, -0.1) is 0 Å². The molecule has 14 heteroatoms. The summed E-state index contributed by atoms with van der Waals surface area (Å²) in [6.45, 7) is -1.16. The van der Waals surface area contributed by atoms with E-state index in [9.17, 15) is 50.4 Å². The Labute approximate surface area is 192 Å². The van der Waals surface area contributed by atoms with Crippen LogP contribution in [-0.2, 0) is 18.9 Å². The van der Waals surface area contributed by atoms with Crippen LogP contribution < -0.4 is 0 Å². The topological polar surface area (TPSA) is 233 Å². The molecule has 2 heterocycles. The van der Waals surface area contributed by atoms with Crippen molar-refractivity contribution in [1.82, 2.24) is 0 Å². The molecule has 0 bridgehead atoms. The Morgan fingerprint density at radius 3 is 1.41 bits per heavy atom. The molecule has 0 radical (unpaired) electrons. The van der Waals surface area contributed by atoms with Crippen molar-refractivity contribution in [3.63, 3.8) is 0 Å². The molecule has 10 atom stereocenters. The molecule has 2 aliphatic heterocycles. The van der Waals surface area contributed by atoms with Crippen LogP contribution in [0.2, 0.25) is 0 Å². The third-order valence-electron chi connectivity index (χ3n) is 5.47. The highest BCUT2D eigenvalue weighted by Crippen LogP contribution is 2.22. The van der Waals surface area contributed by atoms with Crippen LogP contribution in [0.4, 0.5) is 0 Å². The molecule has 0 aliphatic carbocycles. The second-order valence-electron chi connectivity index (χ2n) is 7.85. The van der Waals surface area contributed by atoms with E-state index in [2.05, 4.69) is 0 Å². The lowest BCUT2D eigenvalue weighted by Crippen LogP contribution is -2.58. The van der Waals surface area contributed by atoms with Crippen LogP contribution in [0.25, 0.3) is 0 Å². The molecule has 3 rings (SSSR count). The van der Waals surface area contributed by atoms with Crippen LogP contribution in [-0.4, -0.2) is 127 Å². The van der Waals surface area contributed by atoms with Crippen LogP contribution in [0, 0.1) is 0 Å². The lowest BCUT2D eigenvalue weighted by Gasteiger charge is -2.37. The zero-order chi connectivity index (χ0) is 25.2. The molecule has 0 unspecified atom stereocenters. The molecule has 0 amide bonds. The van der Waals surface area contributed by atoms with Crippen molar-refractivity contribution in [2.75, 3.05) is 13.2 Å². The third kappa shape index (κ3) is 5.69. The summed E-state index contributed by atoms with van der Waals surface area (Å²) in [5, 5.41) is 77.1. The molecular formula is C20H26O14. The molecule has 1 aromatic rings. The monoisotopic (exact) mass is 490 g/mol. The van der Waals surface area contributed by atoms with Gasteiger partial charge in [0, 0.05) is 0 Å². The van der Waals surface area contributed by atoms with E-state index in [1.54, 1.807) is 0 Å². The van der Waals surface area contributed by atoms with Crippen LogP contribution in [0.3, 0.4) is 0 Å². The molecule has 8 N–H and O–H groups in total. The van der Waals surface area contributed by atoms with Gasteiger partial charge >= 0.3 is 11.9 Å². The molecular weight excluding hydrogens is 464 g/mol. The Bertz CT molecular complexity index is 798. The number of esters is 2. The first-order valence-corrected chi connectivity index (χ1v) is 10.2. The molecule has 190 valence electrons. The van der Waals surface area contributed by atoms with Crippen molar-refractivity contribution in [1.29, 1.82) is 0 Å². The molecule has 2 saturated heterocycles. The zero-order valence-corrected chi connectivity index (χ0v) is 17.5. The summed E-state index contributed by atoms with van der Waals surface area (Å²) in [6.07, 6.45) is -16.4. The van der Waals surface area contributed by atoms with Crippen LogP contribution in [0.15, 0.2) is 24.3 Å². The van der Waals surface area contributed by atoms with Crippen molar-refractivity contribution in [3.05, 3.63) is 35.4 Å². The van der Waals surface area contributed by atoms with Gasteiger partial charge in [0.1, 0.15) is 62.0 Å². The molecule has 0 spiro atoms. The van der Waals surface area contributed by atoms with Crippen molar-refractivity contribution in [2.24, 2.45) is 0 Å². The third-order valence-corrected chi connectivity index (χ3v) is 5.47. The highest BCUT2D eigenvalue weighted by Gasteiger charge is 2.44. The average molecular weight is 490 g/mol. The Kier molecular flexibility index (Phi) is 8.53. The zero-order valence-electron chi connectivity index (χ0n) is 17.5. The maximum Gasteiger partial charge on any atom is 0.338 e. The standard InChI is InChI=1S/C20H26O14/c21-11-9(33-19(29)15(25)13(11)23)5-31-17(27)7-2-1-3-8(4-7)18(28)32-6-10-12(22)14(24)16(26)20(30)34-10/h1-4,9-16,19-26,29-30H,5-6H2/t9-,10-,11+,12+,13+,14+,15-,16-,19+,20+/m1/s1. The first-order chi connectivity index (χ1) is 16.0. The number of hydrogen-bond donors (Lipinski definition) is 8. The van der Waals surface area contributed by atoms with E-state index in [4.69, 9.17) is 18.9 Å². The SMILES string of the molecule is O=C(OC[C@H]1O[C@H](O)[C@H](O)[C@@H](O)[C@H]1O)c1cccc(C(=O)OC[C@H]2O[C@H](O)[C@H](O)[C@@H](O)[C@H]2O)c1. The van der Waals surface area contributed by atoms with Gasteiger partial charge in [-0.3, -0.25) is 0 Å². The first kappa shape index (κ1) is 26.4. The molecule has 1 aromatic carbocycles. The van der Waals surface area contributed by atoms with E-state index in [1.165, 1.54) is 18.2 Å². The minimum absolute atomic E-state index is 0.0937. The second-order valence-corrected chi connectivity index (χ2v) is 7.85. The fraction of sp³-hybridized carbons (Fsp3) is 0.600. The van der Waals surface area contributed by atoms with Crippen molar-refractivity contribution in [2.45, 2.75) is 61.4 Å². The summed E-state index contributed by atoms with van der Waals surface area (Å²) in [6, 6.07) is 5.10. The van der Waals surface area contributed by atoms with Gasteiger partial charge < -0.3 is 59.8 Å². The van der Waals surface area contributed by atoms with Gasteiger partial charge in [-0.25, -0.2) is 9.59 Å². The van der Waals surface area contributed by atoms with Crippen molar-refractivity contribution < 1.29 is 69.4 Å². The average Bonchev–Trinajstić information content (AvgIpc) is 2.83. The number of benzene rings is 1. The Morgan fingerprint density at radius 1 is 0.647 bits per heavy atom. The molecule has 14 nitrogen and oxygen atoms in total. The van der Waals surface area contributed by atoms with Gasteiger partial charge in [0.15, 0.2) is 12.6 Å². The van der Waals surface area contributed by atoms with Crippen LogP contribution in [0.1, 0.15) is 20.7 Å². The quantitative estimate of drug-likeness (QED) is 0.176. The smallest absolute Gasteiger partial charge is 0.338 e. The summed E-state index contributed by atoms with van der Waals surface area (Å²) in [5.41, 5.74) is -0.187. The van der Waals surface area contributed by atoms with E-state index < -0.39 is 86.6 Å². The van der Waals surface area contributed by atoms with E-state index in [0.717, 1.165) is 6.07 Å². The Morgan fingerprint density at radius 2 is 1.03 bits per heavy atom. The lowest BCUT2D eigenvalue weighted by molar-refractivity contribution is -0.286. The van der Waals surface area contributed by atoms with Gasteiger partial charge in [0.05, 0.1) is 11.1 Å². The van der Waals surface area contributed by atoms with Crippen molar-refractivity contribution in [3.8, 4) is 0 Å². The summed E-state index contributed by atoms with van der Waals surface area (Å²) in [7, 11) is 0. The van der Waals surface area contributed by atoms with E-state index in [0.29, 0.717) is 0 Å². The van der Waals surface area contributed by atoms with E-state index >= 15 is 0 Å². The van der Waals surface area contributed by atoms with Gasteiger partial charge in [-0.05, 0) is 18.2 Å². The lowest BCUT2D eigenvalue weighted by atomic mass is 9.99. The van der Waals surface area contributed by atoms with Gasteiger partial charge in [0.25, 0.3) is 0 Å². The number of carbonyl (C=O) groups is 2. The fourth-order valence-corrected chi connectivity index (χ4v) is 3.39. The molecule has 2 aliphatic rings. The predicted molar refractivity (Wildman–Crippen MR) is 105 cm³/mol. The Hall–Kier alpha value is -2.24. The summed E-state index contributed by atoms with van der Waals surface area (Å²) < 4.78 is 19.8. The van der Waals surface area contributed by atoms with E-state index in [-0.39, 0.29) is 11.1 Å². The fourth-order valence-electron chi connectivity index (χ4n) is 3.39. The maximum absolute atomic E-state index is 12.3. The minimum Gasteiger partial charge on any atom is -0.459 e. The van der Waals surface area contributed by atoms with Gasteiger partial charge in [-0.2, -0.15) is 0 Å². The maximum atomic E-state index is 12.3. The molecule has 0 saturated carbocycles. The van der Waals surface area contributed by atoms with Crippen molar-refractivity contribution >= 4 is 11.9 Å². The summed E-state index contributed by atoms with van der Waals surface area (Å²) >= 11 is 0. The normalized spacial score (nSPS) is 38.2. The van der Waals surface area contributed by atoms with Crippen LogP contribution >= 0.6 is 0 Å². The Balaban J connectivity index is 1.55. The van der Waals surface area contributed by atoms with E-state index in [1.807, 2.05) is 0 Å². The minimum atomic E-state index is -1.79. The first-order valence-electron chi connectivity index (χ1n) is 10.2. The number of rotatable bonds is 6. The number of carbonyl (C=O) groups excluding carboxylic acids is 2. The molecule has 2 fully saturated rings. The number of aliphatic hydroxyl groups excluding tert-OH is 8. The number of hydrogen-bond acceptors (Lipinski definition) is 14. The molecule has 0 aromatic heterocycles. The number of ether oxygens (including phenoxy) is 4. The summed E-state index contributed by atoms with van der Waals surface area (Å²) in [5.74, 6) is -1.88.